The Balaban J connectivity index is 1.69. The number of rotatable bonds is 5. The molecule has 0 radical (unpaired) electrons. The minimum atomic E-state index is 0.138. The number of benzene rings is 1. The van der Waals surface area contributed by atoms with Crippen molar-refractivity contribution in [3.05, 3.63) is 35.9 Å². The third-order valence-electron chi connectivity index (χ3n) is 3.03. The zero-order valence-corrected chi connectivity index (χ0v) is 9.93. The molecule has 2 rings (SSSR count). The van der Waals surface area contributed by atoms with Gasteiger partial charge in [-0.25, -0.2) is 0 Å². The average molecular weight is 234 g/mol. The molecule has 3 nitrogen and oxygen atoms in total. The summed E-state index contributed by atoms with van der Waals surface area (Å²) < 4.78 is 10.7. The maximum absolute atomic E-state index is 11.8. The number of ketones is 1. The molecule has 3 heteroatoms. The summed E-state index contributed by atoms with van der Waals surface area (Å²) in [6.45, 7) is 2.14. The summed E-state index contributed by atoms with van der Waals surface area (Å²) in [5.74, 6) is 0.351. The molecule has 1 fully saturated rings. The SMILES string of the molecule is O=C(COCc1ccccc1)C1CCOCC1. The van der Waals surface area contributed by atoms with E-state index in [1.165, 1.54) is 0 Å². The number of ether oxygens (including phenoxy) is 2. The van der Waals surface area contributed by atoms with E-state index in [0.717, 1.165) is 18.4 Å². The van der Waals surface area contributed by atoms with Crippen molar-refractivity contribution in [1.82, 2.24) is 0 Å². The largest absolute Gasteiger partial charge is 0.381 e. The van der Waals surface area contributed by atoms with Gasteiger partial charge in [-0.1, -0.05) is 30.3 Å². The highest BCUT2D eigenvalue weighted by Gasteiger charge is 2.21. The fourth-order valence-corrected chi connectivity index (χ4v) is 1.98. The van der Waals surface area contributed by atoms with Crippen molar-refractivity contribution in [1.29, 1.82) is 0 Å². The molecule has 1 aliphatic rings. The lowest BCUT2D eigenvalue weighted by atomic mass is 9.96. The number of Topliss-reactive ketones (excluding diaryl/α,β-unsaturated/α-hetero) is 1. The van der Waals surface area contributed by atoms with Gasteiger partial charge in [0.15, 0.2) is 5.78 Å². The Morgan fingerprint density at radius 2 is 1.94 bits per heavy atom. The molecule has 0 aromatic heterocycles. The summed E-state index contributed by atoms with van der Waals surface area (Å²) >= 11 is 0. The molecule has 17 heavy (non-hydrogen) atoms. The predicted molar refractivity (Wildman–Crippen MR) is 64.6 cm³/mol. The molecule has 0 unspecified atom stereocenters. The van der Waals surface area contributed by atoms with Crippen molar-refractivity contribution in [2.75, 3.05) is 19.8 Å². The van der Waals surface area contributed by atoms with Gasteiger partial charge in [0.25, 0.3) is 0 Å². The quantitative estimate of drug-likeness (QED) is 0.783. The summed E-state index contributed by atoms with van der Waals surface area (Å²) in [5.41, 5.74) is 1.10. The van der Waals surface area contributed by atoms with Crippen LogP contribution in [0.4, 0.5) is 0 Å². The van der Waals surface area contributed by atoms with Gasteiger partial charge in [-0.15, -0.1) is 0 Å². The molecule has 1 aromatic carbocycles. The number of carbonyl (C=O) groups is 1. The molecule has 0 spiro atoms. The molecule has 0 aliphatic carbocycles. The fourth-order valence-electron chi connectivity index (χ4n) is 1.98. The van der Waals surface area contributed by atoms with Crippen LogP contribution in [0.1, 0.15) is 18.4 Å². The second-order valence-electron chi connectivity index (χ2n) is 4.33. The molecular weight excluding hydrogens is 216 g/mol. The Kier molecular flexibility index (Phi) is 4.71. The highest BCUT2D eigenvalue weighted by molar-refractivity contribution is 5.82. The zero-order valence-electron chi connectivity index (χ0n) is 9.93. The Morgan fingerprint density at radius 1 is 1.24 bits per heavy atom. The molecule has 0 bridgehead atoms. The Hall–Kier alpha value is -1.19. The maximum Gasteiger partial charge on any atom is 0.161 e. The van der Waals surface area contributed by atoms with Crippen LogP contribution < -0.4 is 0 Å². The van der Waals surface area contributed by atoms with E-state index in [0.29, 0.717) is 19.8 Å². The summed E-state index contributed by atoms with van der Waals surface area (Å²) in [6, 6.07) is 9.91. The molecule has 92 valence electrons. The predicted octanol–water partition coefficient (Wildman–Crippen LogP) is 2.20. The molecule has 1 saturated heterocycles. The molecule has 0 saturated carbocycles. The average Bonchev–Trinajstić information content (AvgIpc) is 2.41. The first-order valence-corrected chi connectivity index (χ1v) is 6.08. The van der Waals surface area contributed by atoms with E-state index >= 15 is 0 Å². The van der Waals surface area contributed by atoms with E-state index in [4.69, 9.17) is 9.47 Å². The first-order valence-electron chi connectivity index (χ1n) is 6.08. The van der Waals surface area contributed by atoms with Crippen LogP contribution >= 0.6 is 0 Å². The number of hydrogen-bond acceptors (Lipinski definition) is 3. The van der Waals surface area contributed by atoms with E-state index in [-0.39, 0.29) is 18.3 Å². The van der Waals surface area contributed by atoms with Crippen LogP contribution in [0.3, 0.4) is 0 Å². The molecule has 0 N–H and O–H groups in total. The third-order valence-corrected chi connectivity index (χ3v) is 3.03. The second kappa shape index (κ2) is 6.52. The molecular formula is C14H18O3. The van der Waals surface area contributed by atoms with Crippen molar-refractivity contribution in [3.63, 3.8) is 0 Å². The van der Waals surface area contributed by atoms with Crippen molar-refractivity contribution in [2.45, 2.75) is 19.4 Å². The molecule has 0 atom stereocenters. The molecule has 0 amide bonds. The van der Waals surface area contributed by atoms with Crippen LogP contribution in [0.2, 0.25) is 0 Å². The van der Waals surface area contributed by atoms with Gasteiger partial charge in [-0.05, 0) is 18.4 Å². The van der Waals surface area contributed by atoms with Crippen molar-refractivity contribution < 1.29 is 14.3 Å². The second-order valence-corrected chi connectivity index (χ2v) is 4.33. The highest BCUT2D eigenvalue weighted by atomic mass is 16.5. The van der Waals surface area contributed by atoms with E-state index in [1.807, 2.05) is 30.3 Å². The van der Waals surface area contributed by atoms with Crippen LogP contribution in [0, 0.1) is 5.92 Å². The van der Waals surface area contributed by atoms with E-state index in [9.17, 15) is 4.79 Å². The van der Waals surface area contributed by atoms with Gasteiger partial charge in [-0.3, -0.25) is 4.79 Å². The topological polar surface area (TPSA) is 35.5 Å². The van der Waals surface area contributed by atoms with Gasteiger partial charge in [0.2, 0.25) is 0 Å². The summed E-state index contributed by atoms with van der Waals surface area (Å²) in [4.78, 5) is 11.8. The van der Waals surface area contributed by atoms with E-state index < -0.39 is 0 Å². The van der Waals surface area contributed by atoms with E-state index in [1.54, 1.807) is 0 Å². The minimum absolute atomic E-state index is 0.138. The van der Waals surface area contributed by atoms with Gasteiger partial charge in [0, 0.05) is 19.1 Å². The molecule has 1 aliphatic heterocycles. The summed E-state index contributed by atoms with van der Waals surface area (Å²) in [7, 11) is 0. The first kappa shape index (κ1) is 12.3. The van der Waals surface area contributed by atoms with Gasteiger partial charge in [-0.2, -0.15) is 0 Å². The van der Waals surface area contributed by atoms with Crippen LogP contribution in [-0.4, -0.2) is 25.6 Å². The molecule has 1 heterocycles. The van der Waals surface area contributed by atoms with E-state index in [2.05, 4.69) is 0 Å². The smallest absolute Gasteiger partial charge is 0.161 e. The van der Waals surface area contributed by atoms with Crippen molar-refractivity contribution >= 4 is 5.78 Å². The normalized spacial score (nSPS) is 16.9. The van der Waals surface area contributed by atoms with Crippen LogP contribution in [0.5, 0.6) is 0 Å². The zero-order chi connectivity index (χ0) is 11.9. The summed E-state index contributed by atoms with van der Waals surface area (Å²) in [5, 5.41) is 0. The van der Waals surface area contributed by atoms with Crippen LogP contribution in [0.15, 0.2) is 30.3 Å². The lowest BCUT2D eigenvalue weighted by molar-refractivity contribution is -0.130. The van der Waals surface area contributed by atoms with Gasteiger partial charge in [0.05, 0.1) is 6.61 Å². The first-order chi connectivity index (χ1) is 8.36. The monoisotopic (exact) mass is 234 g/mol. The highest BCUT2D eigenvalue weighted by Crippen LogP contribution is 2.15. The molecule has 1 aromatic rings. The van der Waals surface area contributed by atoms with Crippen molar-refractivity contribution in [2.24, 2.45) is 5.92 Å². The Morgan fingerprint density at radius 3 is 2.65 bits per heavy atom. The number of hydrogen-bond donors (Lipinski definition) is 0. The Labute approximate surface area is 102 Å². The lowest BCUT2D eigenvalue weighted by Gasteiger charge is -2.20. The third kappa shape index (κ3) is 3.95. The number of carbonyl (C=O) groups excluding carboxylic acids is 1. The maximum atomic E-state index is 11.8. The lowest BCUT2D eigenvalue weighted by Crippen LogP contribution is -2.26. The van der Waals surface area contributed by atoms with Crippen LogP contribution in [0.25, 0.3) is 0 Å². The standard InChI is InChI=1S/C14H18O3/c15-14(13-6-8-16-9-7-13)11-17-10-12-4-2-1-3-5-12/h1-5,13H,6-11H2. The summed E-state index contributed by atoms with van der Waals surface area (Å²) in [6.07, 6.45) is 1.68. The van der Waals surface area contributed by atoms with Gasteiger partial charge >= 0.3 is 0 Å². The van der Waals surface area contributed by atoms with Gasteiger partial charge < -0.3 is 9.47 Å². The fraction of sp³-hybridized carbons (Fsp3) is 0.500. The van der Waals surface area contributed by atoms with Crippen molar-refractivity contribution in [3.8, 4) is 0 Å². The Bertz CT molecular complexity index is 342. The van der Waals surface area contributed by atoms with Gasteiger partial charge in [0.1, 0.15) is 6.61 Å². The van der Waals surface area contributed by atoms with Crippen LogP contribution in [-0.2, 0) is 20.9 Å². The minimum Gasteiger partial charge on any atom is -0.381 e.